The molecule has 1 aromatic rings. The van der Waals surface area contributed by atoms with Crippen molar-refractivity contribution in [1.29, 1.82) is 0 Å². The molecule has 4 N–H and O–H groups in total. The van der Waals surface area contributed by atoms with E-state index in [0.717, 1.165) is 0 Å². The maximum absolute atomic E-state index is 13.4. The highest BCUT2D eigenvalue weighted by molar-refractivity contribution is 6.33. The first-order chi connectivity index (χ1) is 12.0. The fourth-order valence-corrected chi connectivity index (χ4v) is 2.04. The highest BCUT2D eigenvalue weighted by Crippen LogP contribution is 2.25. The number of morpholine rings is 1. The lowest BCUT2D eigenvalue weighted by atomic mass is 10.1. The lowest BCUT2D eigenvalue weighted by Crippen LogP contribution is -2.50. The van der Waals surface area contributed by atoms with Gasteiger partial charge in [0, 0.05) is 31.8 Å². The van der Waals surface area contributed by atoms with Gasteiger partial charge >= 0.3 is 13.6 Å². The van der Waals surface area contributed by atoms with Gasteiger partial charge in [-0.25, -0.2) is 13.6 Å². The summed E-state index contributed by atoms with van der Waals surface area (Å²) in [5.41, 5.74) is 0. The van der Waals surface area contributed by atoms with E-state index in [1.165, 1.54) is 7.55 Å². The molecule has 0 aliphatic carbocycles. The minimum absolute atomic E-state index is 0.0194. The van der Waals surface area contributed by atoms with Crippen LogP contribution in [-0.2, 0) is 4.74 Å². The third kappa shape index (κ3) is 6.03. The molecule has 0 bridgehead atoms. The van der Waals surface area contributed by atoms with Gasteiger partial charge in [0.25, 0.3) is 0 Å². The van der Waals surface area contributed by atoms with Gasteiger partial charge < -0.3 is 35.0 Å². The maximum Gasteiger partial charge on any atom is 0.350 e. The number of amides is 2. The maximum atomic E-state index is 13.4. The van der Waals surface area contributed by atoms with Crippen molar-refractivity contribution < 1.29 is 33.3 Å². The normalized spacial score (nSPS) is 15.6. The van der Waals surface area contributed by atoms with Crippen molar-refractivity contribution >= 4 is 13.6 Å². The monoisotopic (exact) mass is 358 g/mol. The molecule has 2 rings (SSSR count). The van der Waals surface area contributed by atoms with Gasteiger partial charge in [-0.2, -0.15) is 0 Å². The van der Waals surface area contributed by atoms with Crippen LogP contribution in [-0.4, -0.2) is 74.3 Å². The molecule has 1 radical (unpaired) electrons. The molecule has 0 aromatic heterocycles. The summed E-state index contributed by atoms with van der Waals surface area (Å²) in [5, 5.41) is 23.9. The van der Waals surface area contributed by atoms with Crippen molar-refractivity contribution in [2.75, 3.05) is 39.5 Å². The Morgan fingerprint density at radius 3 is 2.80 bits per heavy atom. The molecule has 1 aliphatic rings. The standard InChI is InChI=1S/C14H19BF2N3O5/c16-10-6-13(11(17)5-12(10)22)25-8-9(21)7-18-15-19-14(23)20-1-3-24-4-2-20/h5-6,9,18,21-22H,1-4,7-8H2,(H,19,23)/t9-/m0/s1. The van der Waals surface area contributed by atoms with E-state index in [1.54, 1.807) is 4.90 Å². The zero-order valence-corrected chi connectivity index (χ0v) is 13.4. The number of phenols is 1. The molecule has 0 spiro atoms. The molecule has 1 saturated heterocycles. The minimum Gasteiger partial charge on any atom is -0.505 e. The number of halogens is 2. The molecule has 1 aliphatic heterocycles. The molecule has 1 fully saturated rings. The van der Waals surface area contributed by atoms with Crippen LogP contribution in [0.5, 0.6) is 11.5 Å². The third-order valence-corrected chi connectivity index (χ3v) is 3.38. The van der Waals surface area contributed by atoms with E-state index in [0.29, 0.717) is 38.4 Å². The Hall–Kier alpha value is -2.11. The number of hydrogen-bond donors (Lipinski definition) is 4. The number of rotatable bonds is 7. The number of ether oxygens (including phenoxy) is 2. The second-order valence-electron chi connectivity index (χ2n) is 5.30. The molecule has 25 heavy (non-hydrogen) atoms. The van der Waals surface area contributed by atoms with Gasteiger partial charge in [-0.05, 0) is 0 Å². The lowest BCUT2D eigenvalue weighted by Gasteiger charge is -2.26. The van der Waals surface area contributed by atoms with Gasteiger partial charge in [0.1, 0.15) is 6.61 Å². The van der Waals surface area contributed by atoms with Crippen LogP contribution in [0.3, 0.4) is 0 Å². The molecule has 11 heteroatoms. The van der Waals surface area contributed by atoms with Crippen molar-refractivity contribution in [2.24, 2.45) is 0 Å². The van der Waals surface area contributed by atoms with Crippen LogP contribution in [0.1, 0.15) is 0 Å². The van der Waals surface area contributed by atoms with E-state index in [2.05, 4.69) is 10.5 Å². The zero-order chi connectivity index (χ0) is 18.2. The van der Waals surface area contributed by atoms with Crippen molar-refractivity contribution in [3.63, 3.8) is 0 Å². The van der Waals surface area contributed by atoms with E-state index < -0.39 is 29.2 Å². The Labute approximate surface area is 144 Å². The number of phenolic OH excluding ortho intramolecular Hbond substituents is 1. The van der Waals surface area contributed by atoms with Gasteiger partial charge in [0.2, 0.25) is 0 Å². The largest absolute Gasteiger partial charge is 0.505 e. The van der Waals surface area contributed by atoms with E-state index >= 15 is 0 Å². The Bertz CT molecular complexity index is 590. The molecule has 1 atom stereocenters. The van der Waals surface area contributed by atoms with Crippen LogP contribution in [0.15, 0.2) is 12.1 Å². The number of carbonyl (C=O) groups excluding carboxylic acids is 1. The topological polar surface area (TPSA) is 103 Å². The Morgan fingerprint density at radius 2 is 2.08 bits per heavy atom. The van der Waals surface area contributed by atoms with Gasteiger partial charge in [0.15, 0.2) is 23.1 Å². The van der Waals surface area contributed by atoms with Crippen LogP contribution >= 0.6 is 0 Å². The van der Waals surface area contributed by atoms with Crippen LogP contribution in [0.2, 0.25) is 0 Å². The second kappa shape index (κ2) is 9.40. The molecular weight excluding hydrogens is 339 g/mol. The van der Waals surface area contributed by atoms with Gasteiger partial charge in [-0.1, -0.05) is 0 Å². The summed E-state index contributed by atoms with van der Waals surface area (Å²) in [5.74, 6) is -3.21. The molecule has 1 aromatic carbocycles. The number of aliphatic hydroxyl groups excluding tert-OH is 1. The Balaban J connectivity index is 1.63. The fourth-order valence-electron chi connectivity index (χ4n) is 2.04. The summed E-state index contributed by atoms with van der Waals surface area (Å²) in [7, 11) is 1.28. The number of benzene rings is 1. The lowest BCUT2D eigenvalue weighted by molar-refractivity contribution is 0.0544. The minimum atomic E-state index is -1.03. The van der Waals surface area contributed by atoms with Gasteiger partial charge in [0.05, 0.1) is 19.3 Å². The first-order valence-corrected chi connectivity index (χ1v) is 7.64. The quantitative estimate of drug-likeness (QED) is 0.390. The first kappa shape index (κ1) is 19.2. The first-order valence-electron chi connectivity index (χ1n) is 7.64. The highest BCUT2D eigenvalue weighted by Gasteiger charge is 2.17. The average molecular weight is 358 g/mol. The van der Waals surface area contributed by atoms with Crippen molar-refractivity contribution in [2.45, 2.75) is 6.10 Å². The van der Waals surface area contributed by atoms with E-state index in [9.17, 15) is 18.7 Å². The summed E-state index contributed by atoms with van der Waals surface area (Å²) in [4.78, 5) is 13.3. The summed E-state index contributed by atoms with van der Waals surface area (Å²) in [6.45, 7) is 1.71. The Morgan fingerprint density at radius 1 is 1.36 bits per heavy atom. The number of hydrogen-bond acceptors (Lipinski definition) is 6. The number of carbonyl (C=O) groups is 1. The number of nitrogens with one attached hydrogen (secondary N) is 2. The van der Waals surface area contributed by atoms with Gasteiger partial charge in [-0.15, -0.1) is 0 Å². The second-order valence-corrected chi connectivity index (χ2v) is 5.30. The third-order valence-electron chi connectivity index (χ3n) is 3.38. The molecule has 8 nitrogen and oxygen atoms in total. The summed E-state index contributed by atoms with van der Waals surface area (Å²) < 4.78 is 36.7. The average Bonchev–Trinajstić information content (AvgIpc) is 2.61. The van der Waals surface area contributed by atoms with Crippen LogP contribution < -0.4 is 15.2 Å². The number of aliphatic hydroxyl groups is 1. The van der Waals surface area contributed by atoms with Crippen LogP contribution in [0.4, 0.5) is 13.6 Å². The highest BCUT2D eigenvalue weighted by atomic mass is 19.1. The molecular formula is C14H19BF2N3O5. The van der Waals surface area contributed by atoms with Gasteiger partial charge in [-0.3, -0.25) is 0 Å². The summed E-state index contributed by atoms with van der Waals surface area (Å²) >= 11 is 0. The predicted molar refractivity (Wildman–Crippen MR) is 84.2 cm³/mol. The molecule has 0 unspecified atom stereocenters. The fraction of sp³-hybridized carbons (Fsp3) is 0.500. The number of nitrogens with zero attached hydrogens (tertiary/aromatic N) is 1. The van der Waals surface area contributed by atoms with Crippen molar-refractivity contribution in [3.8, 4) is 11.5 Å². The van der Waals surface area contributed by atoms with E-state index in [-0.39, 0.29) is 19.2 Å². The van der Waals surface area contributed by atoms with E-state index in [1.807, 2.05) is 0 Å². The predicted octanol–water partition coefficient (Wildman–Crippen LogP) is -0.424. The molecule has 0 saturated carbocycles. The van der Waals surface area contributed by atoms with E-state index in [4.69, 9.17) is 14.6 Å². The van der Waals surface area contributed by atoms with Crippen LogP contribution in [0.25, 0.3) is 0 Å². The SMILES string of the molecule is O=C(N[B]NC[C@H](O)COc1cc(F)c(O)cc1F)N1CCOCC1. The Kier molecular flexibility index (Phi) is 7.23. The number of aromatic hydroxyl groups is 1. The molecule has 1 heterocycles. The number of urea groups is 1. The summed E-state index contributed by atoms with van der Waals surface area (Å²) in [6, 6.07) is 0.993. The molecule has 137 valence electrons. The van der Waals surface area contributed by atoms with Crippen LogP contribution in [0, 0.1) is 11.6 Å². The van der Waals surface area contributed by atoms with Crippen molar-refractivity contribution in [3.05, 3.63) is 23.8 Å². The summed E-state index contributed by atoms with van der Waals surface area (Å²) in [6.07, 6.45) is -1.03. The van der Waals surface area contributed by atoms with Crippen molar-refractivity contribution in [1.82, 2.24) is 15.4 Å². The molecule has 2 amide bonds. The zero-order valence-electron chi connectivity index (χ0n) is 13.4. The smallest absolute Gasteiger partial charge is 0.350 e.